The highest BCUT2D eigenvalue weighted by molar-refractivity contribution is 9.09. The van der Waals surface area contributed by atoms with E-state index in [1.807, 2.05) is 13.8 Å². The van der Waals surface area contributed by atoms with Crippen LogP contribution in [0.4, 0.5) is 0 Å². The zero-order chi connectivity index (χ0) is 25.6. The van der Waals surface area contributed by atoms with Crippen molar-refractivity contribution < 1.29 is 29.3 Å². The van der Waals surface area contributed by atoms with E-state index in [-0.39, 0.29) is 35.2 Å². The van der Waals surface area contributed by atoms with Gasteiger partial charge in [-0.25, -0.2) is 0 Å². The van der Waals surface area contributed by atoms with Gasteiger partial charge in [0, 0.05) is 30.1 Å². The number of aliphatic carboxylic acids is 1. The monoisotopic (exact) mass is 542 g/mol. The van der Waals surface area contributed by atoms with Crippen LogP contribution in [-0.2, 0) is 19.1 Å². The SMILES string of the molecule is C=CCN(C(=O)C1N(CCCCO)C(=O)[C@@H]2[C@H](C(=O)O)[C@H]3OC12CC3Br)C(C)(C)CC(C)(C)C. The van der Waals surface area contributed by atoms with Gasteiger partial charge in [-0.2, -0.15) is 0 Å². The predicted octanol–water partition coefficient (Wildman–Crippen LogP) is 2.82. The summed E-state index contributed by atoms with van der Waals surface area (Å²) in [7, 11) is 0. The van der Waals surface area contributed by atoms with Crippen molar-refractivity contribution in [1.29, 1.82) is 0 Å². The topological polar surface area (TPSA) is 107 Å². The highest BCUT2D eigenvalue weighted by Crippen LogP contribution is 2.60. The van der Waals surface area contributed by atoms with E-state index in [0.717, 1.165) is 6.42 Å². The lowest BCUT2D eigenvalue weighted by Crippen LogP contribution is -2.61. The highest BCUT2D eigenvalue weighted by atomic mass is 79.9. The number of likely N-dealkylation sites (tertiary alicyclic amines) is 1. The maximum absolute atomic E-state index is 14.4. The fourth-order valence-electron chi connectivity index (χ4n) is 6.63. The van der Waals surface area contributed by atoms with Crippen LogP contribution in [0, 0.1) is 17.3 Å². The van der Waals surface area contributed by atoms with Gasteiger partial charge in [0.2, 0.25) is 11.8 Å². The standard InChI is InChI=1S/C25H39BrN2O6/c1-7-10-28(24(5,6)14-23(2,3)4)21(31)19-25-13-15(26)18(34-25)16(22(32)33)17(25)20(30)27(19)11-8-9-12-29/h7,15-19,29H,1,8-14H2,2-6H3,(H,32,33)/t15?,16-,17-,18-,19?,25?/m0/s1. The molecule has 0 saturated carbocycles. The van der Waals surface area contributed by atoms with E-state index >= 15 is 0 Å². The van der Waals surface area contributed by atoms with E-state index in [1.165, 1.54) is 4.90 Å². The van der Waals surface area contributed by atoms with Crippen LogP contribution in [-0.4, -0.2) is 85.6 Å². The van der Waals surface area contributed by atoms with Crippen molar-refractivity contribution in [3.63, 3.8) is 0 Å². The molecular formula is C25H39BrN2O6. The van der Waals surface area contributed by atoms with Crippen LogP contribution in [0.2, 0.25) is 0 Å². The summed E-state index contributed by atoms with van der Waals surface area (Å²) in [5.74, 6) is -3.55. The summed E-state index contributed by atoms with van der Waals surface area (Å²) in [4.78, 5) is 43.3. The minimum atomic E-state index is -1.19. The first-order valence-corrected chi connectivity index (χ1v) is 13.0. The molecule has 8 nitrogen and oxygen atoms in total. The Hall–Kier alpha value is -1.45. The van der Waals surface area contributed by atoms with E-state index in [1.54, 1.807) is 11.0 Å². The van der Waals surface area contributed by atoms with Crippen LogP contribution in [0.25, 0.3) is 0 Å². The number of fused-ring (bicyclic) bond motifs is 1. The number of ether oxygens (including phenoxy) is 1. The first-order valence-electron chi connectivity index (χ1n) is 12.1. The molecule has 2 bridgehead atoms. The Bertz CT molecular complexity index is 840. The molecule has 0 aromatic rings. The molecule has 34 heavy (non-hydrogen) atoms. The number of carboxylic acids is 1. The van der Waals surface area contributed by atoms with Gasteiger partial charge in [-0.1, -0.05) is 42.8 Å². The average molecular weight is 543 g/mol. The second-order valence-electron chi connectivity index (χ2n) is 11.8. The maximum atomic E-state index is 14.4. The molecule has 3 unspecified atom stereocenters. The molecular weight excluding hydrogens is 504 g/mol. The molecule has 192 valence electrons. The average Bonchev–Trinajstić information content (AvgIpc) is 3.28. The summed E-state index contributed by atoms with van der Waals surface area (Å²) in [5.41, 5.74) is -1.77. The van der Waals surface area contributed by atoms with Crippen molar-refractivity contribution in [2.45, 2.75) is 88.4 Å². The molecule has 0 aliphatic carbocycles. The molecule has 0 aromatic carbocycles. The molecule has 6 atom stereocenters. The normalized spacial score (nSPS) is 32.7. The molecule has 1 spiro atoms. The third kappa shape index (κ3) is 4.55. The number of carbonyl (C=O) groups is 3. The van der Waals surface area contributed by atoms with E-state index in [0.29, 0.717) is 25.8 Å². The molecule has 2 amide bonds. The number of aliphatic hydroxyl groups excluding tert-OH is 1. The number of unbranched alkanes of at least 4 members (excludes halogenated alkanes) is 1. The molecule has 3 aliphatic heterocycles. The Labute approximate surface area is 210 Å². The summed E-state index contributed by atoms with van der Waals surface area (Å²) >= 11 is 3.57. The molecule has 3 saturated heterocycles. The minimum Gasteiger partial charge on any atom is -0.481 e. The number of hydrogen-bond acceptors (Lipinski definition) is 5. The van der Waals surface area contributed by atoms with E-state index < -0.39 is 41.1 Å². The lowest BCUT2D eigenvalue weighted by Gasteiger charge is -2.45. The number of carboxylic acid groups (broad SMARTS) is 1. The highest BCUT2D eigenvalue weighted by Gasteiger charge is 2.77. The van der Waals surface area contributed by atoms with Crippen LogP contribution in [0.3, 0.4) is 0 Å². The summed E-state index contributed by atoms with van der Waals surface area (Å²) in [5, 5.41) is 19.2. The predicted molar refractivity (Wildman–Crippen MR) is 131 cm³/mol. The van der Waals surface area contributed by atoms with E-state index in [2.05, 4.69) is 43.3 Å². The van der Waals surface area contributed by atoms with E-state index in [4.69, 9.17) is 4.74 Å². The van der Waals surface area contributed by atoms with Crippen molar-refractivity contribution in [3.8, 4) is 0 Å². The van der Waals surface area contributed by atoms with Gasteiger partial charge in [0.15, 0.2) is 0 Å². The van der Waals surface area contributed by atoms with Crippen molar-refractivity contribution in [1.82, 2.24) is 9.80 Å². The lowest BCUT2D eigenvalue weighted by molar-refractivity contribution is -0.153. The second kappa shape index (κ2) is 9.54. The fourth-order valence-corrected chi connectivity index (χ4v) is 7.57. The summed E-state index contributed by atoms with van der Waals surface area (Å²) in [6.45, 7) is 14.8. The summed E-state index contributed by atoms with van der Waals surface area (Å²) in [6.07, 6.45) is 3.15. The van der Waals surface area contributed by atoms with Crippen molar-refractivity contribution in [2.75, 3.05) is 19.7 Å². The fraction of sp³-hybridized carbons (Fsp3) is 0.800. The zero-order valence-corrected chi connectivity index (χ0v) is 22.5. The van der Waals surface area contributed by atoms with Gasteiger partial charge >= 0.3 is 5.97 Å². The molecule has 3 heterocycles. The van der Waals surface area contributed by atoms with Gasteiger partial charge in [-0.3, -0.25) is 14.4 Å². The largest absolute Gasteiger partial charge is 0.481 e. The van der Waals surface area contributed by atoms with E-state index in [9.17, 15) is 24.6 Å². The third-order valence-electron chi connectivity index (χ3n) is 7.39. The molecule has 9 heteroatoms. The first kappa shape index (κ1) is 27.1. The van der Waals surface area contributed by atoms with Gasteiger partial charge in [0.25, 0.3) is 0 Å². The second-order valence-corrected chi connectivity index (χ2v) is 12.9. The number of halogens is 1. The molecule has 3 fully saturated rings. The number of nitrogens with zero attached hydrogens (tertiary/aromatic N) is 2. The summed E-state index contributed by atoms with van der Waals surface area (Å²) in [6, 6.07) is -0.919. The van der Waals surface area contributed by atoms with Crippen LogP contribution in [0.5, 0.6) is 0 Å². The van der Waals surface area contributed by atoms with Gasteiger partial charge in [-0.05, 0) is 44.9 Å². The van der Waals surface area contributed by atoms with Crippen LogP contribution in [0.1, 0.15) is 60.3 Å². The quantitative estimate of drug-likeness (QED) is 0.249. The molecule has 0 aromatic heterocycles. The Morgan fingerprint density at radius 3 is 2.47 bits per heavy atom. The molecule has 0 radical (unpaired) electrons. The summed E-state index contributed by atoms with van der Waals surface area (Å²) < 4.78 is 6.34. The van der Waals surface area contributed by atoms with Crippen molar-refractivity contribution in [3.05, 3.63) is 12.7 Å². The lowest BCUT2D eigenvalue weighted by atomic mass is 9.70. The Balaban J connectivity index is 2.07. The van der Waals surface area contributed by atoms with Crippen molar-refractivity contribution >= 4 is 33.7 Å². The maximum Gasteiger partial charge on any atom is 0.310 e. The Kier molecular flexibility index (Phi) is 7.62. The van der Waals surface area contributed by atoms with Crippen LogP contribution in [0.15, 0.2) is 12.7 Å². The Morgan fingerprint density at radius 2 is 1.94 bits per heavy atom. The Morgan fingerprint density at radius 1 is 1.29 bits per heavy atom. The van der Waals surface area contributed by atoms with Gasteiger partial charge in [-0.15, -0.1) is 6.58 Å². The third-order valence-corrected chi connectivity index (χ3v) is 8.23. The van der Waals surface area contributed by atoms with Gasteiger partial charge in [0.05, 0.1) is 17.9 Å². The zero-order valence-electron chi connectivity index (χ0n) is 20.9. The smallest absolute Gasteiger partial charge is 0.310 e. The first-order chi connectivity index (χ1) is 15.7. The number of amides is 2. The molecule has 3 aliphatic rings. The van der Waals surface area contributed by atoms with Gasteiger partial charge in [0.1, 0.15) is 11.6 Å². The number of rotatable bonds is 10. The van der Waals surface area contributed by atoms with Crippen LogP contribution < -0.4 is 0 Å². The molecule has 3 rings (SSSR count). The number of alkyl halides is 1. The van der Waals surface area contributed by atoms with Gasteiger partial charge < -0.3 is 24.7 Å². The number of carbonyl (C=O) groups excluding carboxylic acids is 2. The van der Waals surface area contributed by atoms with Crippen LogP contribution >= 0.6 is 15.9 Å². The number of hydrogen-bond donors (Lipinski definition) is 2. The number of aliphatic hydroxyl groups is 1. The van der Waals surface area contributed by atoms with Crippen molar-refractivity contribution in [2.24, 2.45) is 17.3 Å². The molecule has 2 N–H and O–H groups in total. The minimum absolute atomic E-state index is 0.0176.